The molecule has 2 amide bonds. The van der Waals surface area contributed by atoms with Crippen molar-refractivity contribution in [2.24, 2.45) is 5.92 Å². The van der Waals surface area contributed by atoms with E-state index in [0.717, 1.165) is 25.1 Å². The van der Waals surface area contributed by atoms with Crippen LogP contribution in [0.1, 0.15) is 45.4 Å². The Bertz CT molecular complexity index is 737. The molecule has 2 fully saturated rings. The summed E-state index contributed by atoms with van der Waals surface area (Å²) < 4.78 is 26.9. The van der Waals surface area contributed by atoms with Crippen molar-refractivity contribution in [3.8, 4) is 0 Å². The predicted octanol–water partition coefficient (Wildman–Crippen LogP) is 2.10. The Kier molecular flexibility index (Phi) is 6.31. The van der Waals surface area contributed by atoms with E-state index in [1.54, 1.807) is 21.6 Å². The maximum absolute atomic E-state index is 12.7. The fourth-order valence-electron chi connectivity index (χ4n) is 3.60. The first-order valence-electron chi connectivity index (χ1n) is 9.72. The SMILES string of the molecule is CC(C)Cc1ncc(NC(=O)N2CCC(S(=O)(=O)N3CCCC3)CC2)cn1. The van der Waals surface area contributed by atoms with Crippen LogP contribution in [0.2, 0.25) is 0 Å². The summed E-state index contributed by atoms with van der Waals surface area (Å²) in [5.41, 5.74) is 0.555. The number of nitrogens with one attached hydrogen (secondary N) is 1. The van der Waals surface area contributed by atoms with Gasteiger partial charge < -0.3 is 10.2 Å². The van der Waals surface area contributed by atoms with Crippen molar-refractivity contribution in [3.05, 3.63) is 18.2 Å². The Balaban J connectivity index is 1.51. The van der Waals surface area contributed by atoms with Gasteiger partial charge in [0.1, 0.15) is 5.82 Å². The summed E-state index contributed by atoms with van der Waals surface area (Å²) in [5, 5.41) is 2.43. The predicted molar refractivity (Wildman–Crippen MR) is 104 cm³/mol. The fraction of sp³-hybridized carbons (Fsp3) is 0.722. The van der Waals surface area contributed by atoms with Crippen LogP contribution in [-0.4, -0.2) is 65.1 Å². The van der Waals surface area contributed by atoms with Gasteiger partial charge in [-0.1, -0.05) is 13.8 Å². The maximum Gasteiger partial charge on any atom is 0.321 e. The van der Waals surface area contributed by atoms with Crippen molar-refractivity contribution in [1.29, 1.82) is 0 Å². The number of amides is 2. The molecule has 0 bridgehead atoms. The highest BCUT2D eigenvalue weighted by Gasteiger charge is 2.36. The Morgan fingerprint density at radius 1 is 1.15 bits per heavy atom. The summed E-state index contributed by atoms with van der Waals surface area (Å²) in [7, 11) is -3.23. The molecule has 3 rings (SSSR count). The average Bonchev–Trinajstić information content (AvgIpc) is 3.18. The average molecular weight is 396 g/mol. The lowest BCUT2D eigenvalue weighted by atomic mass is 10.1. The third kappa shape index (κ3) is 4.95. The third-order valence-corrected chi connectivity index (χ3v) is 7.52. The number of anilines is 1. The molecule has 0 unspecified atom stereocenters. The number of sulfonamides is 1. The molecule has 2 aliphatic heterocycles. The number of aromatic nitrogens is 2. The topological polar surface area (TPSA) is 95.5 Å². The smallest absolute Gasteiger partial charge is 0.321 e. The summed E-state index contributed by atoms with van der Waals surface area (Å²) in [6.07, 6.45) is 6.89. The van der Waals surface area contributed by atoms with E-state index in [4.69, 9.17) is 0 Å². The third-order valence-electron chi connectivity index (χ3n) is 5.12. The number of rotatable bonds is 5. The van der Waals surface area contributed by atoms with Gasteiger partial charge >= 0.3 is 6.03 Å². The van der Waals surface area contributed by atoms with Crippen molar-refractivity contribution >= 4 is 21.7 Å². The fourth-order valence-corrected chi connectivity index (χ4v) is 5.60. The molecular formula is C18H29N5O3S. The quantitative estimate of drug-likeness (QED) is 0.824. The lowest BCUT2D eigenvalue weighted by Crippen LogP contribution is -2.47. The Labute approximate surface area is 161 Å². The van der Waals surface area contributed by atoms with Crippen molar-refractivity contribution in [2.45, 2.75) is 51.2 Å². The zero-order valence-corrected chi connectivity index (χ0v) is 16.9. The molecule has 1 aromatic heterocycles. The van der Waals surface area contributed by atoms with Crippen LogP contribution in [0.25, 0.3) is 0 Å². The number of nitrogens with zero attached hydrogens (tertiary/aromatic N) is 4. The first-order valence-corrected chi connectivity index (χ1v) is 11.2. The van der Waals surface area contributed by atoms with Crippen molar-refractivity contribution in [3.63, 3.8) is 0 Å². The largest absolute Gasteiger partial charge is 0.324 e. The normalized spacial score (nSPS) is 19.6. The van der Waals surface area contributed by atoms with Crippen LogP contribution in [0.15, 0.2) is 12.4 Å². The van der Waals surface area contributed by atoms with Gasteiger partial charge in [-0.25, -0.2) is 27.5 Å². The van der Waals surface area contributed by atoms with E-state index in [0.29, 0.717) is 50.6 Å². The van der Waals surface area contributed by atoms with E-state index in [1.165, 1.54) is 0 Å². The van der Waals surface area contributed by atoms with Crippen molar-refractivity contribution in [1.82, 2.24) is 19.2 Å². The highest BCUT2D eigenvalue weighted by molar-refractivity contribution is 7.89. The Morgan fingerprint density at radius 2 is 1.74 bits per heavy atom. The van der Waals surface area contributed by atoms with E-state index >= 15 is 0 Å². The van der Waals surface area contributed by atoms with Crippen LogP contribution in [0.5, 0.6) is 0 Å². The van der Waals surface area contributed by atoms with Crippen LogP contribution in [0.4, 0.5) is 10.5 Å². The molecule has 9 heteroatoms. The Morgan fingerprint density at radius 3 is 2.30 bits per heavy atom. The molecule has 0 spiro atoms. The van der Waals surface area contributed by atoms with Gasteiger partial charge in [-0.15, -0.1) is 0 Å². The van der Waals surface area contributed by atoms with Gasteiger partial charge in [-0.05, 0) is 31.6 Å². The van der Waals surface area contributed by atoms with Crippen LogP contribution >= 0.6 is 0 Å². The summed E-state index contributed by atoms with van der Waals surface area (Å²) in [5.74, 6) is 1.24. The molecule has 2 aliphatic rings. The van der Waals surface area contributed by atoms with Gasteiger partial charge in [-0.3, -0.25) is 0 Å². The van der Waals surface area contributed by atoms with Crippen LogP contribution in [0.3, 0.4) is 0 Å². The molecule has 0 radical (unpaired) electrons. The molecular weight excluding hydrogens is 366 g/mol. The van der Waals surface area contributed by atoms with Gasteiger partial charge in [0.25, 0.3) is 0 Å². The molecule has 27 heavy (non-hydrogen) atoms. The maximum atomic E-state index is 12.7. The Hall–Kier alpha value is -1.74. The number of likely N-dealkylation sites (tertiary alicyclic amines) is 1. The van der Waals surface area contributed by atoms with Gasteiger partial charge in [0.05, 0.1) is 23.3 Å². The lowest BCUT2D eigenvalue weighted by molar-refractivity contribution is 0.199. The first kappa shape index (κ1) is 20.0. The van der Waals surface area contributed by atoms with Crippen molar-refractivity contribution in [2.75, 3.05) is 31.5 Å². The summed E-state index contributed by atoms with van der Waals surface area (Å²) >= 11 is 0. The number of urea groups is 1. The van der Waals surface area contributed by atoms with Crippen LogP contribution < -0.4 is 5.32 Å². The molecule has 150 valence electrons. The van der Waals surface area contributed by atoms with Gasteiger partial charge in [0, 0.05) is 32.6 Å². The monoisotopic (exact) mass is 395 g/mol. The number of carbonyl (C=O) groups excluding carboxylic acids is 1. The summed E-state index contributed by atoms with van der Waals surface area (Å²) in [6, 6.07) is -0.229. The second-order valence-electron chi connectivity index (χ2n) is 7.75. The number of carbonyl (C=O) groups is 1. The second kappa shape index (κ2) is 8.52. The molecule has 0 atom stereocenters. The molecule has 2 saturated heterocycles. The van der Waals surface area contributed by atoms with Crippen LogP contribution in [-0.2, 0) is 16.4 Å². The first-order chi connectivity index (χ1) is 12.9. The van der Waals surface area contributed by atoms with Gasteiger partial charge in [-0.2, -0.15) is 0 Å². The number of piperidine rings is 1. The minimum Gasteiger partial charge on any atom is -0.324 e. The highest BCUT2D eigenvalue weighted by Crippen LogP contribution is 2.24. The van der Waals surface area contributed by atoms with Gasteiger partial charge in [0.15, 0.2) is 0 Å². The second-order valence-corrected chi connectivity index (χ2v) is 9.97. The molecule has 8 nitrogen and oxygen atoms in total. The van der Waals surface area contributed by atoms with E-state index in [1.807, 2.05) is 0 Å². The minimum atomic E-state index is -3.23. The van der Waals surface area contributed by atoms with Crippen molar-refractivity contribution < 1.29 is 13.2 Å². The van der Waals surface area contributed by atoms with Gasteiger partial charge in [0.2, 0.25) is 10.0 Å². The summed E-state index contributed by atoms with van der Waals surface area (Å²) in [6.45, 7) is 6.36. The van der Waals surface area contributed by atoms with E-state index < -0.39 is 10.0 Å². The standard InChI is InChI=1S/C18H29N5O3S/c1-14(2)11-17-19-12-15(13-20-17)21-18(24)22-9-5-16(6-10-22)27(25,26)23-7-3-4-8-23/h12-14,16H,3-11H2,1-2H3,(H,21,24). The molecule has 3 heterocycles. The lowest BCUT2D eigenvalue weighted by Gasteiger charge is -2.33. The number of hydrogen-bond acceptors (Lipinski definition) is 5. The molecule has 0 aliphatic carbocycles. The highest BCUT2D eigenvalue weighted by atomic mass is 32.2. The zero-order valence-electron chi connectivity index (χ0n) is 16.1. The van der Waals surface area contributed by atoms with E-state index in [2.05, 4.69) is 29.1 Å². The van der Waals surface area contributed by atoms with Crippen LogP contribution in [0, 0.1) is 5.92 Å². The zero-order chi connectivity index (χ0) is 19.4. The summed E-state index contributed by atoms with van der Waals surface area (Å²) in [4.78, 5) is 22.7. The van der Waals surface area contributed by atoms with E-state index in [9.17, 15) is 13.2 Å². The van der Waals surface area contributed by atoms with E-state index in [-0.39, 0.29) is 11.3 Å². The minimum absolute atomic E-state index is 0.229. The molecule has 1 N–H and O–H groups in total. The number of hydrogen-bond donors (Lipinski definition) is 1. The molecule has 0 aromatic carbocycles. The molecule has 0 saturated carbocycles. The molecule has 1 aromatic rings.